The van der Waals surface area contributed by atoms with Gasteiger partial charge < -0.3 is 15.2 Å². The van der Waals surface area contributed by atoms with Gasteiger partial charge in [0.1, 0.15) is 0 Å². The normalized spacial score (nSPS) is 10.1. The molecule has 16 heavy (non-hydrogen) atoms. The lowest BCUT2D eigenvalue weighted by Gasteiger charge is -2.09. The van der Waals surface area contributed by atoms with E-state index in [-0.39, 0.29) is 5.75 Å². The molecule has 0 radical (unpaired) electrons. The summed E-state index contributed by atoms with van der Waals surface area (Å²) in [6.45, 7) is 5.29. The predicted octanol–water partition coefficient (Wildman–Crippen LogP) is 2.83. The Morgan fingerprint density at radius 3 is 2.94 bits per heavy atom. The van der Waals surface area contributed by atoms with Crippen LogP contribution in [0, 0.1) is 0 Å². The topological polar surface area (TPSA) is 41.5 Å². The largest absolute Gasteiger partial charge is 0.503 e. The highest BCUT2D eigenvalue weighted by Gasteiger charge is 2.07. The van der Waals surface area contributed by atoms with Gasteiger partial charge >= 0.3 is 0 Å². The number of rotatable bonds is 6. The third-order valence-electron chi connectivity index (χ3n) is 2.16. The highest BCUT2D eigenvalue weighted by molar-refractivity contribution is 9.10. The zero-order valence-electron chi connectivity index (χ0n) is 9.29. The Morgan fingerprint density at radius 2 is 2.31 bits per heavy atom. The molecule has 0 aliphatic heterocycles. The zero-order valence-corrected chi connectivity index (χ0v) is 10.9. The Kier molecular flexibility index (Phi) is 5.35. The summed E-state index contributed by atoms with van der Waals surface area (Å²) in [5.74, 6) is 0.618. The number of phenolic OH excluding ortho intramolecular Hbond substituents is 1. The van der Waals surface area contributed by atoms with E-state index in [0.717, 1.165) is 25.1 Å². The Morgan fingerprint density at radius 1 is 1.56 bits per heavy atom. The number of benzene rings is 1. The maximum absolute atomic E-state index is 9.63. The summed E-state index contributed by atoms with van der Waals surface area (Å²) in [7, 11) is 1.54. The fraction of sp³-hybridized carbons (Fsp3) is 0.333. The summed E-state index contributed by atoms with van der Waals surface area (Å²) < 4.78 is 5.72. The molecule has 1 aromatic carbocycles. The van der Waals surface area contributed by atoms with Gasteiger partial charge in [-0.15, -0.1) is 6.58 Å². The molecule has 4 heteroatoms. The molecule has 0 atom stereocenters. The van der Waals surface area contributed by atoms with E-state index in [1.165, 1.54) is 7.11 Å². The SMILES string of the molecule is C=CCCNCc1cc(Br)c(O)c(OC)c1. The van der Waals surface area contributed by atoms with E-state index in [4.69, 9.17) is 4.74 Å². The molecule has 0 amide bonds. The number of hydrogen-bond acceptors (Lipinski definition) is 3. The number of halogens is 1. The molecule has 0 heterocycles. The molecule has 0 aliphatic rings. The van der Waals surface area contributed by atoms with E-state index in [1.807, 2.05) is 18.2 Å². The van der Waals surface area contributed by atoms with Crippen LogP contribution in [0.3, 0.4) is 0 Å². The van der Waals surface area contributed by atoms with Gasteiger partial charge in [-0.05, 0) is 46.6 Å². The molecule has 0 bridgehead atoms. The molecule has 0 unspecified atom stereocenters. The first-order chi connectivity index (χ1) is 7.69. The van der Waals surface area contributed by atoms with E-state index in [9.17, 15) is 5.11 Å². The quantitative estimate of drug-likeness (QED) is 0.624. The Labute approximate surface area is 104 Å². The van der Waals surface area contributed by atoms with E-state index in [2.05, 4.69) is 27.8 Å². The summed E-state index contributed by atoms with van der Waals surface area (Å²) in [4.78, 5) is 0. The molecule has 1 rings (SSSR count). The molecule has 0 saturated carbocycles. The lowest BCUT2D eigenvalue weighted by atomic mass is 10.2. The maximum Gasteiger partial charge on any atom is 0.172 e. The van der Waals surface area contributed by atoms with Gasteiger partial charge in [-0.25, -0.2) is 0 Å². The standard InChI is InChI=1S/C12H16BrNO2/c1-3-4-5-14-8-9-6-10(13)12(15)11(7-9)16-2/h3,6-7,14-15H,1,4-5,8H2,2H3. The van der Waals surface area contributed by atoms with Crippen molar-refractivity contribution >= 4 is 15.9 Å². The minimum atomic E-state index is 0.136. The average Bonchev–Trinajstić information content (AvgIpc) is 2.29. The van der Waals surface area contributed by atoms with E-state index in [1.54, 1.807) is 0 Å². The third-order valence-corrected chi connectivity index (χ3v) is 2.77. The second-order valence-electron chi connectivity index (χ2n) is 3.38. The fourth-order valence-corrected chi connectivity index (χ4v) is 1.81. The minimum absolute atomic E-state index is 0.136. The van der Waals surface area contributed by atoms with Crippen LogP contribution in [0.2, 0.25) is 0 Å². The van der Waals surface area contributed by atoms with Crippen molar-refractivity contribution < 1.29 is 9.84 Å². The second-order valence-corrected chi connectivity index (χ2v) is 4.24. The third kappa shape index (κ3) is 3.54. The number of aromatic hydroxyl groups is 1. The number of ether oxygens (including phenoxy) is 1. The fourth-order valence-electron chi connectivity index (χ4n) is 1.32. The number of nitrogens with one attached hydrogen (secondary N) is 1. The summed E-state index contributed by atoms with van der Waals surface area (Å²) in [6, 6.07) is 3.69. The van der Waals surface area contributed by atoms with E-state index >= 15 is 0 Å². The van der Waals surface area contributed by atoms with Crippen LogP contribution in [-0.4, -0.2) is 18.8 Å². The highest BCUT2D eigenvalue weighted by Crippen LogP contribution is 2.35. The first-order valence-electron chi connectivity index (χ1n) is 5.06. The van der Waals surface area contributed by atoms with Crippen molar-refractivity contribution in [3.05, 3.63) is 34.8 Å². The predicted molar refractivity (Wildman–Crippen MR) is 68.9 cm³/mol. The van der Waals surface area contributed by atoms with Crippen LogP contribution in [0.15, 0.2) is 29.3 Å². The van der Waals surface area contributed by atoms with Crippen LogP contribution < -0.4 is 10.1 Å². The number of hydrogen-bond donors (Lipinski definition) is 2. The molecule has 2 N–H and O–H groups in total. The smallest absolute Gasteiger partial charge is 0.172 e. The van der Waals surface area contributed by atoms with Gasteiger partial charge in [0.15, 0.2) is 11.5 Å². The van der Waals surface area contributed by atoms with Crippen LogP contribution in [-0.2, 0) is 6.54 Å². The molecule has 3 nitrogen and oxygen atoms in total. The first kappa shape index (κ1) is 13.1. The van der Waals surface area contributed by atoms with Crippen LogP contribution in [0.4, 0.5) is 0 Å². The molecule has 88 valence electrons. The summed E-state index contributed by atoms with van der Waals surface area (Å²) in [6.07, 6.45) is 2.82. The van der Waals surface area contributed by atoms with Crippen molar-refractivity contribution in [3.63, 3.8) is 0 Å². The molecular formula is C12H16BrNO2. The summed E-state index contributed by atoms with van der Waals surface area (Å²) in [5.41, 5.74) is 1.06. The van der Waals surface area contributed by atoms with Gasteiger partial charge in [0, 0.05) is 6.54 Å². The second kappa shape index (κ2) is 6.55. The molecule has 0 aromatic heterocycles. The van der Waals surface area contributed by atoms with Crippen LogP contribution in [0.25, 0.3) is 0 Å². The molecule has 0 saturated heterocycles. The van der Waals surface area contributed by atoms with Crippen molar-refractivity contribution in [3.8, 4) is 11.5 Å². The zero-order chi connectivity index (χ0) is 12.0. The highest BCUT2D eigenvalue weighted by atomic mass is 79.9. The Hall–Kier alpha value is -1.00. The lowest BCUT2D eigenvalue weighted by molar-refractivity contribution is 0.371. The lowest BCUT2D eigenvalue weighted by Crippen LogP contribution is -2.14. The first-order valence-corrected chi connectivity index (χ1v) is 5.85. The van der Waals surface area contributed by atoms with Crippen molar-refractivity contribution in [2.24, 2.45) is 0 Å². The number of phenols is 1. The van der Waals surface area contributed by atoms with Crippen molar-refractivity contribution in [2.75, 3.05) is 13.7 Å². The molecular weight excluding hydrogens is 270 g/mol. The van der Waals surface area contributed by atoms with Crippen LogP contribution in [0.5, 0.6) is 11.5 Å². The van der Waals surface area contributed by atoms with Gasteiger partial charge in [-0.3, -0.25) is 0 Å². The van der Waals surface area contributed by atoms with Gasteiger partial charge in [-0.1, -0.05) is 6.08 Å². The van der Waals surface area contributed by atoms with Crippen LogP contribution in [0.1, 0.15) is 12.0 Å². The van der Waals surface area contributed by atoms with Crippen molar-refractivity contribution in [2.45, 2.75) is 13.0 Å². The van der Waals surface area contributed by atoms with Gasteiger partial charge in [0.25, 0.3) is 0 Å². The van der Waals surface area contributed by atoms with E-state index in [0.29, 0.717) is 10.2 Å². The number of methoxy groups -OCH3 is 1. The molecule has 1 aromatic rings. The molecule has 0 fully saturated rings. The van der Waals surface area contributed by atoms with Crippen molar-refractivity contribution in [1.82, 2.24) is 5.32 Å². The molecule has 0 aliphatic carbocycles. The Bertz CT molecular complexity index is 366. The van der Waals surface area contributed by atoms with Gasteiger partial charge in [0.2, 0.25) is 0 Å². The monoisotopic (exact) mass is 285 g/mol. The van der Waals surface area contributed by atoms with Gasteiger partial charge in [0.05, 0.1) is 11.6 Å². The Balaban J connectivity index is 2.66. The van der Waals surface area contributed by atoms with Crippen molar-refractivity contribution in [1.29, 1.82) is 0 Å². The minimum Gasteiger partial charge on any atom is -0.503 e. The van der Waals surface area contributed by atoms with E-state index < -0.39 is 0 Å². The van der Waals surface area contributed by atoms with Crippen LogP contribution >= 0.6 is 15.9 Å². The van der Waals surface area contributed by atoms with Gasteiger partial charge in [-0.2, -0.15) is 0 Å². The average molecular weight is 286 g/mol. The molecule has 0 spiro atoms. The summed E-state index contributed by atoms with van der Waals surface area (Å²) in [5, 5.41) is 12.9. The summed E-state index contributed by atoms with van der Waals surface area (Å²) >= 11 is 3.29. The maximum atomic E-state index is 9.63.